The fraction of sp³-hybridized carbons (Fsp3) is 0.0625. The Balaban J connectivity index is 2.10. The van der Waals surface area contributed by atoms with E-state index in [2.05, 4.69) is 5.10 Å². The molecule has 128 valence electrons. The quantitative estimate of drug-likeness (QED) is 0.394. The predicted octanol–water partition coefficient (Wildman–Crippen LogP) is 2.79. The van der Waals surface area contributed by atoms with Crippen LogP contribution in [0.4, 0.5) is 5.69 Å². The van der Waals surface area contributed by atoms with Gasteiger partial charge >= 0.3 is 10.1 Å². The Hall–Kier alpha value is -3.20. The number of nitro groups is 1. The summed E-state index contributed by atoms with van der Waals surface area (Å²) in [6.07, 6.45) is 0.933. The number of hydrogen-bond donors (Lipinski definition) is 0. The zero-order chi connectivity index (χ0) is 18.0. The molecule has 0 spiro atoms. The Morgan fingerprint density at radius 1 is 1.08 bits per heavy atom. The first kappa shape index (κ1) is 16.7. The molecular weight excluding hydrogens is 346 g/mol. The number of rotatable bonds is 5. The van der Waals surface area contributed by atoms with Crippen LogP contribution in [0.2, 0.25) is 0 Å². The van der Waals surface area contributed by atoms with E-state index in [0.717, 1.165) is 11.8 Å². The summed E-state index contributed by atoms with van der Waals surface area (Å²) >= 11 is 0. The summed E-state index contributed by atoms with van der Waals surface area (Å²) in [4.78, 5) is 10.3. The van der Waals surface area contributed by atoms with Gasteiger partial charge in [-0.05, 0) is 12.1 Å². The van der Waals surface area contributed by atoms with Crippen molar-refractivity contribution in [1.29, 1.82) is 0 Å². The van der Waals surface area contributed by atoms with Crippen molar-refractivity contribution in [3.8, 4) is 22.8 Å². The van der Waals surface area contributed by atoms with E-state index in [9.17, 15) is 18.5 Å². The smallest absolute Gasteiger partial charge is 0.307 e. The van der Waals surface area contributed by atoms with E-state index < -0.39 is 15.0 Å². The van der Waals surface area contributed by atoms with Crippen molar-refractivity contribution in [2.24, 2.45) is 0 Å². The highest BCUT2D eigenvalue weighted by Gasteiger charge is 2.17. The second-order valence-electron chi connectivity index (χ2n) is 5.21. The summed E-state index contributed by atoms with van der Waals surface area (Å²) < 4.78 is 29.3. The highest BCUT2D eigenvalue weighted by atomic mass is 32.2. The Kier molecular flexibility index (Phi) is 4.24. The molecule has 0 aliphatic carbocycles. The summed E-state index contributed by atoms with van der Waals surface area (Å²) in [5, 5.41) is 15.1. The maximum Gasteiger partial charge on any atom is 0.307 e. The van der Waals surface area contributed by atoms with Gasteiger partial charge in [0, 0.05) is 23.8 Å². The molecule has 0 aliphatic heterocycles. The fourth-order valence-electron chi connectivity index (χ4n) is 2.23. The van der Waals surface area contributed by atoms with E-state index in [0.29, 0.717) is 11.4 Å². The third-order valence-corrected chi connectivity index (χ3v) is 3.76. The van der Waals surface area contributed by atoms with Crippen molar-refractivity contribution < 1.29 is 17.5 Å². The van der Waals surface area contributed by atoms with E-state index in [1.165, 1.54) is 35.0 Å². The van der Waals surface area contributed by atoms with Crippen LogP contribution in [0, 0.1) is 10.1 Å². The number of hydrogen-bond acceptors (Lipinski definition) is 6. The summed E-state index contributed by atoms with van der Waals surface area (Å²) in [6.45, 7) is 0. The lowest BCUT2D eigenvalue weighted by molar-refractivity contribution is -0.384. The summed E-state index contributed by atoms with van der Waals surface area (Å²) in [5.74, 6) is -0.00444. The van der Waals surface area contributed by atoms with Gasteiger partial charge in [-0.2, -0.15) is 18.2 Å². The van der Waals surface area contributed by atoms with E-state index in [-0.39, 0.29) is 11.6 Å². The fourth-order valence-corrected chi connectivity index (χ4v) is 2.66. The van der Waals surface area contributed by atoms with Crippen molar-refractivity contribution >= 4 is 15.8 Å². The Morgan fingerprint density at radius 3 is 2.28 bits per heavy atom. The molecule has 0 unspecified atom stereocenters. The first-order chi connectivity index (χ1) is 11.8. The molecule has 0 amide bonds. The van der Waals surface area contributed by atoms with E-state index in [4.69, 9.17) is 4.18 Å². The highest BCUT2D eigenvalue weighted by molar-refractivity contribution is 7.86. The monoisotopic (exact) mass is 359 g/mol. The molecule has 1 heterocycles. The molecule has 0 saturated heterocycles. The van der Waals surface area contributed by atoms with Crippen LogP contribution in [0.3, 0.4) is 0 Å². The van der Waals surface area contributed by atoms with Crippen molar-refractivity contribution in [2.75, 3.05) is 6.26 Å². The molecule has 3 rings (SSSR count). The van der Waals surface area contributed by atoms with Gasteiger partial charge in [-0.15, -0.1) is 0 Å². The third kappa shape index (κ3) is 3.83. The van der Waals surface area contributed by atoms with Gasteiger partial charge in [0.15, 0.2) is 0 Å². The molecule has 0 atom stereocenters. The molecule has 9 heteroatoms. The van der Waals surface area contributed by atoms with E-state index in [1.807, 2.05) is 30.3 Å². The molecule has 0 N–H and O–H groups in total. The standard InChI is InChI=1S/C16H13N3O5S/c1-25(22,23)24-16-11-15(12-5-3-2-4-6-12)17-18(16)13-7-9-14(10-8-13)19(20)21/h2-11H,1H3. The molecular formula is C16H13N3O5S. The summed E-state index contributed by atoms with van der Waals surface area (Å²) in [7, 11) is -3.77. The molecule has 25 heavy (non-hydrogen) atoms. The molecule has 8 nitrogen and oxygen atoms in total. The normalized spacial score (nSPS) is 11.2. The molecule has 3 aromatic rings. The number of nitrogens with zero attached hydrogens (tertiary/aromatic N) is 3. The van der Waals surface area contributed by atoms with Crippen molar-refractivity contribution in [1.82, 2.24) is 9.78 Å². The minimum atomic E-state index is -3.77. The molecule has 0 aliphatic rings. The van der Waals surface area contributed by atoms with Gasteiger partial charge in [0.05, 0.1) is 22.6 Å². The Labute approximate surface area is 143 Å². The zero-order valence-electron chi connectivity index (χ0n) is 13.1. The van der Waals surface area contributed by atoms with Crippen LogP contribution in [-0.4, -0.2) is 29.4 Å². The van der Waals surface area contributed by atoms with Gasteiger partial charge in [-0.1, -0.05) is 30.3 Å². The SMILES string of the molecule is CS(=O)(=O)Oc1cc(-c2ccccc2)nn1-c1ccc([N+](=O)[O-])cc1. The van der Waals surface area contributed by atoms with E-state index in [1.54, 1.807) is 0 Å². The number of nitro benzene ring substituents is 1. The lowest BCUT2D eigenvalue weighted by Gasteiger charge is -2.06. The van der Waals surface area contributed by atoms with Gasteiger partial charge in [-0.25, -0.2) is 0 Å². The molecule has 0 radical (unpaired) electrons. The van der Waals surface area contributed by atoms with Gasteiger partial charge in [0.2, 0.25) is 5.88 Å². The first-order valence-electron chi connectivity index (χ1n) is 7.13. The minimum absolute atomic E-state index is 0.00444. The molecule has 1 aromatic heterocycles. The van der Waals surface area contributed by atoms with Crippen LogP contribution in [0.1, 0.15) is 0 Å². The second-order valence-corrected chi connectivity index (χ2v) is 6.78. The van der Waals surface area contributed by atoms with E-state index >= 15 is 0 Å². The topological polar surface area (TPSA) is 104 Å². The molecule has 0 fully saturated rings. The van der Waals surface area contributed by atoms with Crippen LogP contribution >= 0.6 is 0 Å². The largest absolute Gasteiger partial charge is 0.362 e. The predicted molar refractivity (Wildman–Crippen MR) is 91.1 cm³/mol. The number of aromatic nitrogens is 2. The summed E-state index contributed by atoms with van der Waals surface area (Å²) in [6, 6.07) is 16.2. The van der Waals surface area contributed by atoms with Crippen LogP contribution in [-0.2, 0) is 10.1 Å². The Bertz CT molecular complexity index is 1010. The molecule has 0 saturated carbocycles. The highest BCUT2D eigenvalue weighted by Crippen LogP contribution is 2.27. The van der Waals surface area contributed by atoms with Gasteiger partial charge in [0.1, 0.15) is 0 Å². The van der Waals surface area contributed by atoms with Gasteiger partial charge < -0.3 is 4.18 Å². The Morgan fingerprint density at radius 2 is 1.72 bits per heavy atom. The van der Waals surface area contributed by atoms with Gasteiger partial charge in [0.25, 0.3) is 5.69 Å². The average molecular weight is 359 g/mol. The third-order valence-electron chi connectivity index (χ3n) is 3.29. The molecule has 2 aromatic carbocycles. The van der Waals surface area contributed by atoms with Crippen molar-refractivity contribution in [2.45, 2.75) is 0 Å². The molecule has 0 bridgehead atoms. The minimum Gasteiger partial charge on any atom is -0.362 e. The van der Waals surface area contributed by atoms with Crippen LogP contribution in [0.5, 0.6) is 5.88 Å². The average Bonchev–Trinajstić information content (AvgIpc) is 2.97. The van der Waals surface area contributed by atoms with Crippen LogP contribution < -0.4 is 4.18 Å². The van der Waals surface area contributed by atoms with Gasteiger partial charge in [-0.3, -0.25) is 10.1 Å². The zero-order valence-corrected chi connectivity index (χ0v) is 13.9. The second kappa shape index (κ2) is 6.36. The maximum absolute atomic E-state index is 11.5. The lowest BCUT2D eigenvalue weighted by Crippen LogP contribution is -2.10. The summed E-state index contributed by atoms with van der Waals surface area (Å²) in [5.41, 5.74) is 1.65. The van der Waals surface area contributed by atoms with Crippen LogP contribution in [0.25, 0.3) is 16.9 Å². The first-order valence-corrected chi connectivity index (χ1v) is 8.95. The van der Waals surface area contributed by atoms with Crippen molar-refractivity contribution in [3.05, 3.63) is 70.8 Å². The number of benzene rings is 2. The van der Waals surface area contributed by atoms with Crippen molar-refractivity contribution in [3.63, 3.8) is 0 Å². The maximum atomic E-state index is 11.5. The number of non-ortho nitro benzene ring substituents is 1. The van der Waals surface area contributed by atoms with Crippen LogP contribution in [0.15, 0.2) is 60.7 Å². The lowest BCUT2D eigenvalue weighted by atomic mass is 10.2.